The van der Waals surface area contributed by atoms with E-state index in [9.17, 15) is 18.3 Å². The molecule has 0 amide bonds. The van der Waals surface area contributed by atoms with Crippen LogP contribution in [0.15, 0.2) is 25.3 Å². The van der Waals surface area contributed by atoms with Gasteiger partial charge in [-0.15, -0.1) is 13.2 Å². The first kappa shape index (κ1) is 24.0. The van der Waals surface area contributed by atoms with E-state index in [-0.39, 0.29) is 6.54 Å². The van der Waals surface area contributed by atoms with Gasteiger partial charge in [0.05, 0.1) is 27.1 Å². The van der Waals surface area contributed by atoms with Gasteiger partial charge in [0.1, 0.15) is 11.9 Å². The molecule has 0 aromatic heterocycles. The third-order valence-corrected chi connectivity index (χ3v) is 3.84. The topological polar surface area (TPSA) is 97.7 Å². The number of likely N-dealkylation sites (N-methyl/N-ethyl adjacent to an activating group) is 1. The summed E-state index contributed by atoms with van der Waals surface area (Å²) >= 11 is 0. The van der Waals surface area contributed by atoms with Gasteiger partial charge < -0.3 is 14.4 Å². The molecule has 0 aliphatic heterocycles. The Morgan fingerprint density at radius 1 is 1.26 bits per heavy atom. The van der Waals surface area contributed by atoms with Crippen molar-refractivity contribution in [1.29, 1.82) is 0 Å². The summed E-state index contributed by atoms with van der Waals surface area (Å²) < 4.78 is 31.8. The Labute approximate surface area is 140 Å². The Morgan fingerprint density at radius 3 is 1.87 bits per heavy atom. The van der Waals surface area contributed by atoms with E-state index >= 15 is 0 Å². The van der Waals surface area contributed by atoms with Gasteiger partial charge in [-0.1, -0.05) is 25.5 Å². The molecule has 0 heterocycles. The van der Waals surface area contributed by atoms with Gasteiger partial charge in [0.2, 0.25) is 0 Å². The predicted octanol–water partition coefficient (Wildman–Crippen LogP) is 0.117. The molecule has 0 aromatic rings. The lowest BCUT2D eigenvalue weighted by molar-refractivity contribution is -0.864. The van der Waals surface area contributed by atoms with E-state index in [1.807, 2.05) is 6.92 Å². The zero-order valence-electron chi connectivity index (χ0n) is 14.6. The summed E-state index contributed by atoms with van der Waals surface area (Å²) in [7, 11) is 1.36. The van der Waals surface area contributed by atoms with Crippen molar-refractivity contribution < 1.29 is 27.4 Å². The van der Waals surface area contributed by atoms with Gasteiger partial charge in [0.25, 0.3) is 10.1 Å². The number of hydrogen-bond donors (Lipinski definition) is 1. The van der Waals surface area contributed by atoms with Crippen LogP contribution in [0.2, 0.25) is 0 Å². The van der Waals surface area contributed by atoms with Crippen LogP contribution in [-0.4, -0.2) is 74.5 Å². The molecule has 0 aromatic carbocycles. The fourth-order valence-electron chi connectivity index (χ4n) is 1.80. The maximum absolute atomic E-state index is 11.2. The minimum absolute atomic E-state index is 0.0694. The minimum atomic E-state index is -4.04. The van der Waals surface area contributed by atoms with Gasteiger partial charge >= 0.3 is 0 Å². The van der Waals surface area contributed by atoms with Crippen molar-refractivity contribution >= 4 is 16.1 Å². The zero-order valence-corrected chi connectivity index (χ0v) is 15.4. The van der Waals surface area contributed by atoms with Crippen LogP contribution in [0.5, 0.6) is 0 Å². The zero-order chi connectivity index (χ0) is 18.7. The van der Waals surface area contributed by atoms with Gasteiger partial charge in [0, 0.05) is 13.1 Å². The fraction of sp³-hybridized carbons (Fsp3) is 0.667. The third kappa shape index (κ3) is 14.1. The molecule has 0 bridgehead atoms. The summed E-state index contributed by atoms with van der Waals surface area (Å²) in [5.41, 5.74) is 0. The SMILES string of the molecule is C=CCN(CC=C)C(CCC)S(=O)(=O)O.C[N+](C)(C)CC(=O)[O-]. The normalized spacial score (nSPS) is 13.0. The largest absolute Gasteiger partial charge is 0.544 e. The molecule has 23 heavy (non-hydrogen) atoms. The summed E-state index contributed by atoms with van der Waals surface area (Å²) in [6.45, 7) is 9.88. The predicted molar refractivity (Wildman–Crippen MR) is 90.1 cm³/mol. The average Bonchev–Trinajstić information content (AvgIpc) is 2.32. The van der Waals surface area contributed by atoms with Crippen LogP contribution in [0.4, 0.5) is 0 Å². The Kier molecular flexibility index (Phi) is 11.8. The van der Waals surface area contributed by atoms with Crippen molar-refractivity contribution in [2.75, 3.05) is 40.8 Å². The highest BCUT2D eigenvalue weighted by atomic mass is 32.2. The molecule has 8 heteroatoms. The molecule has 0 aliphatic rings. The number of carbonyl (C=O) groups excluding carboxylic acids is 1. The molecule has 1 unspecified atom stereocenters. The van der Waals surface area contributed by atoms with Gasteiger partial charge in [-0.25, -0.2) is 0 Å². The number of nitrogens with zero attached hydrogens (tertiary/aromatic N) is 2. The van der Waals surface area contributed by atoms with Crippen LogP contribution >= 0.6 is 0 Å². The molecule has 0 spiro atoms. The van der Waals surface area contributed by atoms with E-state index < -0.39 is 21.5 Å². The van der Waals surface area contributed by atoms with Crippen molar-refractivity contribution in [3.63, 3.8) is 0 Å². The summed E-state index contributed by atoms with van der Waals surface area (Å²) in [5, 5.41) is 9.03. The number of rotatable bonds is 10. The highest BCUT2D eigenvalue weighted by Gasteiger charge is 2.27. The van der Waals surface area contributed by atoms with Crippen molar-refractivity contribution in [3.8, 4) is 0 Å². The molecule has 7 nitrogen and oxygen atoms in total. The lowest BCUT2D eigenvalue weighted by atomic mass is 10.3. The van der Waals surface area contributed by atoms with E-state index in [2.05, 4.69) is 13.2 Å². The van der Waals surface area contributed by atoms with Gasteiger partial charge in [-0.2, -0.15) is 8.42 Å². The minimum Gasteiger partial charge on any atom is -0.544 e. The molecule has 0 saturated carbocycles. The highest BCUT2D eigenvalue weighted by molar-refractivity contribution is 7.86. The molecule has 0 fully saturated rings. The van der Waals surface area contributed by atoms with Crippen molar-refractivity contribution in [2.45, 2.75) is 25.1 Å². The first-order chi connectivity index (χ1) is 10.4. The molecule has 1 atom stereocenters. The van der Waals surface area contributed by atoms with E-state index in [4.69, 9.17) is 4.55 Å². The third-order valence-electron chi connectivity index (χ3n) is 2.62. The average molecular weight is 350 g/mol. The summed E-state index contributed by atoms with van der Waals surface area (Å²) in [4.78, 5) is 11.5. The second-order valence-electron chi connectivity index (χ2n) is 6.11. The number of quaternary nitrogens is 1. The standard InChI is InChI=1S/C10H19NO3S.C5H11NO2/c1-4-7-10(15(12,13)14)11(8-5-2)9-6-3;1-6(2,3)4-5(7)8/h5-6,10H,2-4,7-9H2,1H3,(H,12,13,14);4H2,1-3H3. The van der Waals surface area contributed by atoms with Gasteiger partial charge in [-0.3, -0.25) is 9.45 Å². The maximum atomic E-state index is 11.2. The highest BCUT2D eigenvalue weighted by Crippen LogP contribution is 2.13. The molecule has 0 radical (unpaired) electrons. The van der Waals surface area contributed by atoms with Crippen LogP contribution in [0.3, 0.4) is 0 Å². The van der Waals surface area contributed by atoms with Crippen LogP contribution in [0.1, 0.15) is 19.8 Å². The Bertz CT molecular complexity index is 459. The van der Waals surface area contributed by atoms with Crippen LogP contribution < -0.4 is 5.11 Å². The molecule has 136 valence electrons. The van der Waals surface area contributed by atoms with Crippen LogP contribution in [0.25, 0.3) is 0 Å². The summed E-state index contributed by atoms with van der Waals surface area (Å²) in [6, 6.07) is 0. The van der Waals surface area contributed by atoms with Gasteiger partial charge in [0.15, 0.2) is 0 Å². The number of carboxylic acids is 1. The van der Waals surface area contributed by atoms with E-state index in [1.165, 1.54) is 0 Å². The first-order valence-electron chi connectivity index (χ1n) is 7.31. The molecular formula is C15H30N2O5S. The first-order valence-corrected chi connectivity index (χ1v) is 8.81. The second-order valence-corrected chi connectivity index (χ2v) is 7.68. The maximum Gasteiger partial charge on any atom is 0.281 e. The summed E-state index contributed by atoms with van der Waals surface area (Å²) in [5.74, 6) is -1.00. The number of hydrogen-bond acceptors (Lipinski definition) is 5. The fourth-order valence-corrected chi connectivity index (χ4v) is 2.88. The number of carbonyl (C=O) groups is 1. The number of aliphatic carboxylic acids is 1. The molecule has 1 N–H and O–H groups in total. The molecule has 0 saturated heterocycles. The molecule has 0 rings (SSSR count). The molecule has 0 aliphatic carbocycles. The van der Waals surface area contributed by atoms with Crippen molar-refractivity contribution in [2.24, 2.45) is 0 Å². The monoisotopic (exact) mass is 350 g/mol. The Morgan fingerprint density at radius 2 is 1.70 bits per heavy atom. The van der Waals surface area contributed by atoms with Gasteiger partial charge in [-0.05, 0) is 6.42 Å². The van der Waals surface area contributed by atoms with Crippen molar-refractivity contribution in [1.82, 2.24) is 4.90 Å². The lowest BCUT2D eigenvalue weighted by Crippen LogP contribution is -2.45. The van der Waals surface area contributed by atoms with E-state index in [0.717, 1.165) is 0 Å². The van der Waals surface area contributed by atoms with Crippen LogP contribution in [-0.2, 0) is 14.9 Å². The Balaban J connectivity index is 0. The van der Waals surface area contributed by atoms with E-state index in [1.54, 1.807) is 38.2 Å². The van der Waals surface area contributed by atoms with E-state index in [0.29, 0.717) is 30.4 Å². The smallest absolute Gasteiger partial charge is 0.281 e. The quantitative estimate of drug-likeness (QED) is 0.341. The molecular weight excluding hydrogens is 320 g/mol. The summed E-state index contributed by atoms with van der Waals surface area (Å²) in [6.07, 6.45) is 4.31. The lowest BCUT2D eigenvalue weighted by Gasteiger charge is -2.26. The Hall–Kier alpha value is -1.22. The van der Waals surface area contributed by atoms with Crippen molar-refractivity contribution in [3.05, 3.63) is 25.3 Å². The van der Waals surface area contributed by atoms with Crippen LogP contribution in [0, 0.1) is 0 Å². The second kappa shape index (κ2) is 11.3. The number of carboxylic acid groups (broad SMARTS) is 1.